The molecule has 160 valence electrons. The van der Waals surface area contributed by atoms with E-state index in [1.165, 1.54) is 0 Å². The van der Waals surface area contributed by atoms with E-state index in [1.54, 1.807) is 13.8 Å². The summed E-state index contributed by atoms with van der Waals surface area (Å²) < 4.78 is 18.1. The lowest BCUT2D eigenvalue weighted by Crippen LogP contribution is -2.55. The Bertz CT molecular complexity index is 602. The van der Waals surface area contributed by atoms with Crippen LogP contribution in [-0.4, -0.2) is 41.1 Å². The molecular weight excluding hydrogens is 364 g/mol. The Morgan fingerprint density at radius 1 is 1.21 bits per heavy atom. The lowest BCUT2D eigenvalue weighted by atomic mass is 9.72. The van der Waals surface area contributed by atoms with Crippen molar-refractivity contribution in [2.75, 3.05) is 0 Å². The topological polar surface area (TPSA) is 83.5 Å². The van der Waals surface area contributed by atoms with Crippen molar-refractivity contribution in [1.29, 1.82) is 0 Å². The second-order valence-electron chi connectivity index (χ2n) is 10.1. The Hall–Kier alpha value is -0.730. The van der Waals surface area contributed by atoms with Crippen LogP contribution in [0.5, 0.6) is 0 Å². The maximum absolute atomic E-state index is 12.3. The van der Waals surface area contributed by atoms with Crippen LogP contribution in [0.2, 0.25) is 0 Å². The number of esters is 1. The van der Waals surface area contributed by atoms with Crippen molar-refractivity contribution in [1.82, 2.24) is 0 Å². The maximum Gasteiger partial charge on any atom is 0.311 e. The zero-order valence-corrected chi connectivity index (χ0v) is 17.6. The fourth-order valence-corrected chi connectivity index (χ4v) is 5.54. The first-order valence-corrected chi connectivity index (χ1v) is 10.7. The van der Waals surface area contributed by atoms with E-state index in [2.05, 4.69) is 13.8 Å². The van der Waals surface area contributed by atoms with Gasteiger partial charge in [0.05, 0.1) is 12.0 Å². The van der Waals surface area contributed by atoms with E-state index in [9.17, 15) is 9.90 Å². The van der Waals surface area contributed by atoms with Crippen molar-refractivity contribution in [3.63, 3.8) is 0 Å². The molecule has 2 bridgehead atoms. The third kappa shape index (κ3) is 3.84. The molecule has 3 saturated heterocycles. The Morgan fingerprint density at radius 2 is 1.96 bits per heavy atom. The van der Waals surface area contributed by atoms with Crippen molar-refractivity contribution in [2.24, 2.45) is 29.6 Å². The number of carbonyl (C=O) groups excluding carboxylic acids is 1. The molecule has 0 amide bonds. The molecule has 4 rings (SSSR count). The van der Waals surface area contributed by atoms with Gasteiger partial charge in [0.15, 0.2) is 6.29 Å². The van der Waals surface area contributed by atoms with E-state index in [4.69, 9.17) is 24.0 Å². The summed E-state index contributed by atoms with van der Waals surface area (Å²) in [6.45, 7) is 9.44. The summed E-state index contributed by atoms with van der Waals surface area (Å²) in [6.07, 6.45) is 2.48. The van der Waals surface area contributed by atoms with Crippen LogP contribution in [0.4, 0.5) is 0 Å². The fraction of sp³-hybridized carbons (Fsp3) is 0.952. The van der Waals surface area contributed by atoms with Crippen molar-refractivity contribution in [3.05, 3.63) is 0 Å². The van der Waals surface area contributed by atoms with Crippen molar-refractivity contribution >= 4 is 5.97 Å². The fourth-order valence-electron chi connectivity index (χ4n) is 5.54. The van der Waals surface area contributed by atoms with Gasteiger partial charge in [0.2, 0.25) is 12.1 Å². The number of aliphatic hydroxyl groups is 1. The first-order valence-electron chi connectivity index (χ1n) is 10.7. The van der Waals surface area contributed by atoms with Gasteiger partial charge in [-0.2, -0.15) is 0 Å². The molecule has 4 aliphatic rings. The highest BCUT2D eigenvalue weighted by molar-refractivity contribution is 5.70. The van der Waals surface area contributed by atoms with Crippen LogP contribution in [0.1, 0.15) is 66.7 Å². The lowest BCUT2D eigenvalue weighted by Gasteiger charge is -2.47. The predicted octanol–water partition coefficient (Wildman–Crippen LogP) is 3.14. The average Bonchev–Trinajstić information content (AvgIpc) is 2.88. The second kappa shape index (κ2) is 7.20. The minimum atomic E-state index is -1.12. The summed E-state index contributed by atoms with van der Waals surface area (Å²) in [7, 11) is 0. The SMILES string of the molecule is C[C@H]1[C@@H](OC(=O)CC(C)(C)O)O[C@@H]2O[C@@]3(C)CC[C@H]4[C@H](C)CC[C@@H]1C2[C@@H]4OO3. The van der Waals surface area contributed by atoms with Gasteiger partial charge < -0.3 is 19.3 Å². The molecule has 28 heavy (non-hydrogen) atoms. The summed E-state index contributed by atoms with van der Waals surface area (Å²) >= 11 is 0. The first-order chi connectivity index (χ1) is 13.1. The average molecular weight is 398 g/mol. The smallest absolute Gasteiger partial charge is 0.311 e. The Kier molecular flexibility index (Phi) is 5.28. The molecule has 9 atom stereocenters. The van der Waals surface area contributed by atoms with Gasteiger partial charge in [-0.05, 0) is 51.4 Å². The van der Waals surface area contributed by atoms with E-state index >= 15 is 0 Å². The molecule has 1 aliphatic carbocycles. The summed E-state index contributed by atoms with van der Waals surface area (Å²) in [5, 5.41) is 9.92. The lowest BCUT2D eigenvalue weighted by molar-refractivity contribution is -0.434. The molecule has 3 aliphatic heterocycles. The Labute approximate surface area is 166 Å². The third-order valence-corrected chi connectivity index (χ3v) is 7.13. The molecule has 4 fully saturated rings. The summed E-state index contributed by atoms with van der Waals surface area (Å²) in [5.41, 5.74) is -1.12. The maximum atomic E-state index is 12.3. The van der Waals surface area contributed by atoms with Crippen LogP contribution in [0, 0.1) is 29.6 Å². The zero-order valence-electron chi connectivity index (χ0n) is 17.6. The van der Waals surface area contributed by atoms with E-state index in [0.717, 1.165) is 25.7 Å². The van der Waals surface area contributed by atoms with E-state index in [0.29, 0.717) is 11.8 Å². The number of ether oxygens (including phenoxy) is 3. The molecule has 3 heterocycles. The molecule has 0 radical (unpaired) electrons. The van der Waals surface area contributed by atoms with Crippen LogP contribution >= 0.6 is 0 Å². The number of hydrogen-bond acceptors (Lipinski definition) is 7. The predicted molar refractivity (Wildman–Crippen MR) is 98.4 cm³/mol. The van der Waals surface area contributed by atoms with Crippen LogP contribution in [0.3, 0.4) is 0 Å². The molecule has 1 saturated carbocycles. The van der Waals surface area contributed by atoms with Gasteiger partial charge in [-0.25, -0.2) is 9.78 Å². The van der Waals surface area contributed by atoms with Crippen molar-refractivity contribution < 1.29 is 33.9 Å². The van der Waals surface area contributed by atoms with Gasteiger partial charge in [0.1, 0.15) is 6.10 Å². The molecule has 0 aromatic rings. The molecule has 0 spiro atoms. The van der Waals surface area contributed by atoms with Crippen molar-refractivity contribution in [3.8, 4) is 0 Å². The summed E-state index contributed by atoms with van der Waals surface area (Å²) in [4.78, 5) is 24.0. The van der Waals surface area contributed by atoms with Crippen LogP contribution in [0.25, 0.3) is 0 Å². The Morgan fingerprint density at radius 3 is 2.68 bits per heavy atom. The van der Waals surface area contributed by atoms with Gasteiger partial charge in [-0.1, -0.05) is 20.3 Å². The monoisotopic (exact) mass is 398 g/mol. The molecule has 0 aromatic carbocycles. The van der Waals surface area contributed by atoms with E-state index < -0.39 is 29.9 Å². The molecule has 1 N–H and O–H groups in total. The number of hydrogen-bond donors (Lipinski definition) is 1. The third-order valence-electron chi connectivity index (χ3n) is 7.13. The van der Waals surface area contributed by atoms with Gasteiger partial charge >= 0.3 is 5.97 Å². The number of carbonyl (C=O) groups is 1. The zero-order chi connectivity index (χ0) is 20.3. The first kappa shape index (κ1) is 20.5. The molecule has 1 unspecified atom stereocenters. The summed E-state index contributed by atoms with van der Waals surface area (Å²) in [5.74, 6) is -0.0661. The van der Waals surface area contributed by atoms with E-state index in [1.807, 2.05) is 6.92 Å². The van der Waals surface area contributed by atoms with Crippen LogP contribution in [0.15, 0.2) is 0 Å². The van der Waals surface area contributed by atoms with Crippen LogP contribution < -0.4 is 0 Å². The quantitative estimate of drug-likeness (QED) is 0.577. The van der Waals surface area contributed by atoms with Gasteiger partial charge in [0, 0.05) is 18.3 Å². The normalized spacial score (nSPS) is 48.4. The standard InChI is InChI=1S/C21H34O7/c1-11-6-7-14-12(2)18(24-15(22)10-20(3,4)23)25-19-16(14)17-13(11)8-9-21(5,26-19)28-27-17/h11-14,16-19,23H,6-10H2,1-5H3/t11-,12-,13+,14+,16?,17-,18+,19-,21-/m1/s1. The number of rotatable bonds is 3. The van der Waals surface area contributed by atoms with Gasteiger partial charge in [-0.3, -0.25) is 4.79 Å². The highest BCUT2D eigenvalue weighted by Gasteiger charge is 2.59. The molecule has 7 heteroatoms. The minimum Gasteiger partial charge on any atom is -0.435 e. The van der Waals surface area contributed by atoms with E-state index in [-0.39, 0.29) is 30.3 Å². The van der Waals surface area contributed by atoms with Gasteiger partial charge in [0.25, 0.3) is 0 Å². The number of fused-ring (bicyclic) bond motifs is 2. The second-order valence-corrected chi connectivity index (χ2v) is 10.1. The molecular formula is C21H34O7. The largest absolute Gasteiger partial charge is 0.435 e. The Balaban J connectivity index is 1.60. The summed E-state index contributed by atoms with van der Waals surface area (Å²) in [6, 6.07) is 0. The van der Waals surface area contributed by atoms with Crippen LogP contribution in [-0.2, 0) is 28.8 Å². The van der Waals surface area contributed by atoms with Crippen molar-refractivity contribution in [2.45, 2.75) is 96.8 Å². The van der Waals surface area contributed by atoms with Gasteiger partial charge in [-0.15, -0.1) is 0 Å². The molecule has 7 nitrogen and oxygen atoms in total. The highest BCUT2D eigenvalue weighted by Crippen LogP contribution is 2.53. The molecule has 0 aromatic heterocycles. The highest BCUT2D eigenvalue weighted by atomic mass is 17.2. The minimum absolute atomic E-state index is 0.0106.